The highest BCUT2D eigenvalue weighted by molar-refractivity contribution is 7.98. The van der Waals surface area contributed by atoms with Gasteiger partial charge in [0.15, 0.2) is 0 Å². The molecule has 1 atom stereocenters. The van der Waals surface area contributed by atoms with Gasteiger partial charge in [0.05, 0.1) is 5.75 Å². The van der Waals surface area contributed by atoms with Gasteiger partial charge in [-0.2, -0.15) is 0 Å². The standard InChI is InChI=1S/C17H21N3S/c1-18-15-9-5-6-10-16-14(15)11-19-17(20-16)12-21-13-7-3-2-4-8-13/h2-4,7-8,11,15,18H,5-6,9-10,12H2,1H3. The highest BCUT2D eigenvalue weighted by atomic mass is 32.2. The van der Waals surface area contributed by atoms with E-state index in [1.807, 2.05) is 19.3 Å². The van der Waals surface area contributed by atoms with E-state index in [-0.39, 0.29) is 0 Å². The lowest BCUT2D eigenvalue weighted by atomic mass is 10.1. The molecule has 0 saturated heterocycles. The lowest BCUT2D eigenvalue weighted by Crippen LogP contribution is -2.17. The summed E-state index contributed by atoms with van der Waals surface area (Å²) in [5, 5.41) is 3.39. The fraction of sp³-hybridized carbons (Fsp3) is 0.412. The van der Waals surface area contributed by atoms with E-state index >= 15 is 0 Å². The molecule has 0 radical (unpaired) electrons. The average molecular weight is 299 g/mol. The van der Waals surface area contributed by atoms with E-state index in [0.29, 0.717) is 6.04 Å². The molecule has 1 aromatic heterocycles. The number of fused-ring (bicyclic) bond motifs is 1. The van der Waals surface area contributed by atoms with E-state index in [1.165, 1.54) is 35.4 Å². The summed E-state index contributed by atoms with van der Waals surface area (Å²) in [6, 6.07) is 10.9. The van der Waals surface area contributed by atoms with E-state index in [2.05, 4.69) is 34.6 Å². The maximum Gasteiger partial charge on any atom is 0.138 e. The van der Waals surface area contributed by atoms with Crippen molar-refractivity contribution in [1.82, 2.24) is 15.3 Å². The van der Waals surface area contributed by atoms with E-state index in [4.69, 9.17) is 4.98 Å². The van der Waals surface area contributed by atoms with E-state index < -0.39 is 0 Å². The fourth-order valence-electron chi connectivity index (χ4n) is 2.79. The Morgan fingerprint density at radius 2 is 2.10 bits per heavy atom. The lowest BCUT2D eigenvalue weighted by Gasteiger charge is -2.16. The van der Waals surface area contributed by atoms with Gasteiger partial charge in [-0.3, -0.25) is 0 Å². The molecule has 1 aliphatic rings. The summed E-state index contributed by atoms with van der Waals surface area (Å²) in [5.74, 6) is 1.78. The summed E-state index contributed by atoms with van der Waals surface area (Å²) in [7, 11) is 2.03. The zero-order chi connectivity index (χ0) is 14.5. The van der Waals surface area contributed by atoms with Gasteiger partial charge in [0, 0.05) is 28.4 Å². The summed E-state index contributed by atoms with van der Waals surface area (Å²) in [5.41, 5.74) is 2.54. The number of rotatable bonds is 4. The van der Waals surface area contributed by atoms with Crippen molar-refractivity contribution in [3.63, 3.8) is 0 Å². The molecule has 3 rings (SSSR count). The molecule has 110 valence electrons. The first-order valence-electron chi connectivity index (χ1n) is 7.56. The molecule has 0 amide bonds. The minimum Gasteiger partial charge on any atom is -0.313 e. The molecule has 1 N–H and O–H groups in total. The molecule has 1 aliphatic carbocycles. The van der Waals surface area contributed by atoms with Gasteiger partial charge in [0.2, 0.25) is 0 Å². The Balaban J connectivity index is 1.74. The van der Waals surface area contributed by atoms with Crippen molar-refractivity contribution in [2.45, 2.75) is 42.4 Å². The molecule has 0 aliphatic heterocycles. The number of benzene rings is 1. The molecule has 1 aromatic carbocycles. The van der Waals surface area contributed by atoms with Crippen molar-refractivity contribution in [3.8, 4) is 0 Å². The normalized spacial score (nSPS) is 18.0. The average Bonchev–Trinajstić information content (AvgIpc) is 2.75. The van der Waals surface area contributed by atoms with Gasteiger partial charge in [-0.1, -0.05) is 24.6 Å². The molecule has 2 aromatic rings. The third kappa shape index (κ3) is 3.63. The monoisotopic (exact) mass is 299 g/mol. The first-order valence-corrected chi connectivity index (χ1v) is 8.55. The highest BCUT2D eigenvalue weighted by Gasteiger charge is 2.19. The van der Waals surface area contributed by atoms with Crippen molar-refractivity contribution in [1.29, 1.82) is 0 Å². The predicted molar refractivity (Wildman–Crippen MR) is 87.4 cm³/mol. The Bertz CT molecular complexity index is 586. The smallest absolute Gasteiger partial charge is 0.138 e. The van der Waals surface area contributed by atoms with Crippen molar-refractivity contribution >= 4 is 11.8 Å². The molecule has 21 heavy (non-hydrogen) atoms. The van der Waals surface area contributed by atoms with Gasteiger partial charge < -0.3 is 5.32 Å². The van der Waals surface area contributed by atoms with Gasteiger partial charge >= 0.3 is 0 Å². The Morgan fingerprint density at radius 3 is 2.90 bits per heavy atom. The van der Waals surface area contributed by atoms with Crippen LogP contribution in [-0.2, 0) is 12.2 Å². The second kappa shape index (κ2) is 7.05. The van der Waals surface area contributed by atoms with Crippen LogP contribution in [0, 0.1) is 0 Å². The Hall–Kier alpha value is -1.39. The zero-order valence-corrected chi connectivity index (χ0v) is 13.2. The largest absolute Gasteiger partial charge is 0.313 e. The van der Waals surface area contributed by atoms with Crippen molar-refractivity contribution in [2.75, 3.05) is 7.05 Å². The maximum absolute atomic E-state index is 4.81. The summed E-state index contributed by atoms with van der Waals surface area (Å²) >= 11 is 1.80. The quantitative estimate of drug-likeness (QED) is 0.689. The topological polar surface area (TPSA) is 37.8 Å². The molecular formula is C17H21N3S. The van der Waals surface area contributed by atoms with E-state index in [1.54, 1.807) is 11.8 Å². The van der Waals surface area contributed by atoms with E-state index in [9.17, 15) is 0 Å². The minimum atomic E-state index is 0.415. The number of thioether (sulfide) groups is 1. The van der Waals surface area contributed by atoms with Crippen LogP contribution in [0.5, 0.6) is 0 Å². The van der Waals surface area contributed by atoms with Gasteiger partial charge in [-0.25, -0.2) is 9.97 Å². The van der Waals surface area contributed by atoms with Crippen molar-refractivity contribution in [2.24, 2.45) is 0 Å². The number of nitrogens with one attached hydrogen (secondary N) is 1. The van der Waals surface area contributed by atoms with Crippen LogP contribution < -0.4 is 5.32 Å². The van der Waals surface area contributed by atoms with Crippen LogP contribution in [0.15, 0.2) is 41.4 Å². The van der Waals surface area contributed by atoms with Crippen LogP contribution in [0.1, 0.15) is 42.4 Å². The first-order chi connectivity index (χ1) is 10.4. The molecular weight excluding hydrogens is 278 g/mol. The molecule has 1 heterocycles. The predicted octanol–water partition coefficient (Wildman–Crippen LogP) is 3.76. The molecule has 0 fully saturated rings. The maximum atomic E-state index is 4.81. The third-order valence-corrected chi connectivity index (χ3v) is 4.95. The third-order valence-electron chi connectivity index (χ3n) is 3.94. The number of aryl methyl sites for hydroxylation is 1. The number of hydrogen-bond donors (Lipinski definition) is 1. The second-order valence-electron chi connectivity index (χ2n) is 5.38. The fourth-order valence-corrected chi connectivity index (χ4v) is 3.57. The molecule has 0 bridgehead atoms. The number of nitrogens with zero attached hydrogens (tertiary/aromatic N) is 2. The van der Waals surface area contributed by atoms with Gasteiger partial charge in [0.1, 0.15) is 5.82 Å². The van der Waals surface area contributed by atoms with Gasteiger partial charge in [0.25, 0.3) is 0 Å². The Kier molecular flexibility index (Phi) is 4.88. The molecule has 0 spiro atoms. The number of aromatic nitrogens is 2. The highest BCUT2D eigenvalue weighted by Crippen LogP contribution is 2.28. The first kappa shape index (κ1) is 14.5. The van der Waals surface area contributed by atoms with Crippen LogP contribution in [0.25, 0.3) is 0 Å². The Labute approximate surface area is 130 Å². The number of hydrogen-bond acceptors (Lipinski definition) is 4. The van der Waals surface area contributed by atoms with Crippen LogP contribution in [0.2, 0.25) is 0 Å². The molecule has 3 nitrogen and oxygen atoms in total. The Morgan fingerprint density at radius 1 is 1.24 bits per heavy atom. The van der Waals surface area contributed by atoms with E-state index in [0.717, 1.165) is 18.0 Å². The van der Waals surface area contributed by atoms with Crippen LogP contribution in [0.3, 0.4) is 0 Å². The second-order valence-corrected chi connectivity index (χ2v) is 6.43. The molecule has 4 heteroatoms. The van der Waals surface area contributed by atoms with Crippen molar-refractivity contribution < 1.29 is 0 Å². The lowest BCUT2D eigenvalue weighted by molar-refractivity contribution is 0.531. The van der Waals surface area contributed by atoms with Crippen LogP contribution in [-0.4, -0.2) is 17.0 Å². The van der Waals surface area contributed by atoms with Crippen LogP contribution in [0.4, 0.5) is 0 Å². The van der Waals surface area contributed by atoms with Gasteiger partial charge in [-0.15, -0.1) is 11.8 Å². The molecule has 1 unspecified atom stereocenters. The minimum absolute atomic E-state index is 0.415. The summed E-state index contributed by atoms with van der Waals surface area (Å²) in [6.45, 7) is 0. The zero-order valence-electron chi connectivity index (χ0n) is 12.4. The van der Waals surface area contributed by atoms with Crippen LogP contribution >= 0.6 is 11.8 Å². The SMILES string of the molecule is CNC1CCCCc2nc(CSc3ccccc3)ncc21. The molecule has 0 saturated carbocycles. The summed E-state index contributed by atoms with van der Waals surface area (Å²) < 4.78 is 0. The summed E-state index contributed by atoms with van der Waals surface area (Å²) in [6.07, 6.45) is 6.79. The van der Waals surface area contributed by atoms with Gasteiger partial charge in [-0.05, 0) is 38.4 Å². The summed E-state index contributed by atoms with van der Waals surface area (Å²) in [4.78, 5) is 10.7. The van der Waals surface area contributed by atoms with Crippen molar-refractivity contribution in [3.05, 3.63) is 53.6 Å².